The van der Waals surface area contributed by atoms with E-state index in [2.05, 4.69) is 52.0 Å². The Morgan fingerprint density at radius 3 is 2.35 bits per heavy atom. The second-order valence-corrected chi connectivity index (χ2v) is 12.9. The van der Waals surface area contributed by atoms with E-state index in [-0.39, 0.29) is 10.9 Å². The van der Waals surface area contributed by atoms with E-state index in [0.717, 1.165) is 22.4 Å². The van der Waals surface area contributed by atoms with Gasteiger partial charge in [0.15, 0.2) is 13.9 Å². The first-order chi connectivity index (χ1) is 10.5. The molecule has 1 heterocycles. The zero-order valence-electron chi connectivity index (χ0n) is 15.6. The van der Waals surface area contributed by atoms with E-state index in [1.807, 2.05) is 24.5 Å². The molecule has 1 amide bonds. The van der Waals surface area contributed by atoms with Gasteiger partial charge < -0.3 is 9.40 Å². The molecule has 0 unspecified atom stereocenters. The van der Waals surface area contributed by atoms with E-state index in [1.54, 1.807) is 0 Å². The zero-order valence-corrected chi connectivity index (χ0v) is 16.6. The van der Waals surface area contributed by atoms with Crippen LogP contribution in [0.25, 0.3) is 0 Å². The number of hydrogen-bond acceptors (Lipinski definition) is 3. The summed E-state index contributed by atoms with van der Waals surface area (Å²) in [5.41, 5.74) is 4.63. The molecule has 0 atom stereocenters. The maximum atomic E-state index is 13.2. The summed E-state index contributed by atoms with van der Waals surface area (Å²) in [6.07, 6.45) is 0. The molecule has 1 aromatic rings. The van der Waals surface area contributed by atoms with Crippen LogP contribution in [0.1, 0.15) is 44.4 Å². The zero-order chi connectivity index (χ0) is 17.6. The summed E-state index contributed by atoms with van der Waals surface area (Å²) in [5, 5.41) is 4.19. The number of carbonyl (C=O) groups is 1. The molecule has 1 aliphatic rings. The van der Waals surface area contributed by atoms with E-state index in [0.29, 0.717) is 12.3 Å². The minimum absolute atomic E-state index is 0.0197. The lowest BCUT2D eigenvalue weighted by Gasteiger charge is -2.44. The van der Waals surface area contributed by atoms with Crippen molar-refractivity contribution in [3.05, 3.63) is 28.8 Å². The number of benzene rings is 1. The third-order valence-electron chi connectivity index (χ3n) is 5.01. The number of rotatable bonds is 3. The van der Waals surface area contributed by atoms with Gasteiger partial charge in [-0.05, 0) is 37.4 Å². The number of anilines is 1. The fraction of sp³-hybridized carbons (Fsp3) is 0.556. The molecule has 1 aliphatic heterocycles. The fourth-order valence-corrected chi connectivity index (χ4v) is 4.99. The van der Waals surface area contributed by atoms with Crippen molar-refractivity contribution >= 4 is 25.5 Å². The molecule has 4 nitrogen and oxygen atoms in total. The molecule has 0 N–H and O–H groups in total. The van der Waals surface area contributed by atoms with Gasteiger partial charge in [-0.15, -0.1) is 0 Å². The predicted octanol–water partition coefficient (Wildman–Crippen LogP) is 4.40. The van der Waals surface area contributed by atoms with Crippen molar-refractivity contribution in [2.75, 3.05) is 11.2 Å². The second-order valence-electron chi connectivity index (χ2n) is 7.79. The van der Waals surface area contributed by atoms with Gasteiger partial charge in [-0.3, -0.25) is 4.79 Å². The van der Waals surface area contributed by atoms with Crippen LogP contribution < -0.4 is 4.57 Å². The van der Waals surface area contributed by atoms with Crippen LogP contribution in [-0.2, 0) is 9.63 Å². The SMILES string of the molecule is CCO/N=C1\C(=O)N([Si](C)(C)C(C)(C)C)c2c(C)cc(C)cc21. The highest BCUT2D eigenvalue weighted by Gasteiger charge is 2.50. The Morgan fingerprint density at radius 2 is 1.83 bits per heavy atom. The predicted molar refractivity (Wildman–Crippen MR) is 98.8 cm³/mol. The third kappa shape index (κ3) is 2.82. The van der Waals surface area contributed by atoms with Crippen LogP contribution in [0.4, 0.5) is 5.69 Å². The van der Waals surface area contributed by atoms with Gasteiger partial charge in [-0.2, -0.15) is 0 Å². The Bertz CT molecular complexity index is 672. The van der Waals surface area contributed by atoms with Crippen LogP contribution in [0.5, 0.6) is 0 Å². The van der Waals surface area contributed by atoms with Gasteiger partial charge in [-0.25, -0.2) is 0 Å². The highest BCUT2D eigenvalue weighted by atomic mass is 28.3. The molecule has 0 radical (unpaired) electrons. The van der Waals surface area contributed by atoms with Crippen molar-refractivity contribution in [1.29, 1.82) is 0 Å². The molecule has 23 heavy (non-hydrogen) atoms. The number of nitrogens with zero attached hydrogens (tertiary/aromatic N) is 2. The molecule has 0 saturated carbocycles. The summed E-state index contributed by atoms with van der Waals surface area (Å²) in [5.74, 6) is -0.0197. The van der Waals surface area contributed by atoms with Crippen LogP contribution >= 0.6 is 0 Å². The summed E-state index contributed by atoms with van der Waals surface area (Å²) in [6.45, 7) is 17.6. The Balaban J connectivity index is 2.72. The van der Waals surface area contributed by atoms with Crippen molar-refractivity contribution < 1.29 is 9.63 Å². The van der Waals surface area contributed by atoms with Crippen LogP contribution in [0.2, 0.25) is 18.1 Å². The van der Waals surface area contributed by atoms with Gasteiger partial charge in [-0.1, -0.05) is 50.7 Å². The first-order valence-electron chi connectivity index (χ1n) is 8.18. The molecule has 0 bridgehead atoms. The Morgan fingerprint density at radius 1 is 1.22 bits per heavy atom. The van der Waals surface area contributed by atoms with Gasteiger partial charge in [0.1, 0.15) is 6.61 Å². The Hall–Kier alpha value is -1.62. The third-order valence-corrected chi connectivity index (χ3v) is 10.2. The molecular weight excluding hydrogens is 304 g/mol. The van der Waals surface area contributed by atoms with Gasteiger partial charge in [0.05, 0.1) is 0 Å². The van der Waals surface area contributed by atoms with Crippen LogP contribution in [0.3, 0.4) is 0 Å². The van der Waals surface area contributed by atoms with Crippen LogP contribution in [0, 0.1) is 13.8 Å². The number of carbonyl (C=O) groups excluding carboxylic acids is 1. The lowest BCUT2D eigenvalue weighted by atomic mass is 10.0. The van der Waals surface area contributed by atoms with E-state index >= 15 is 0 Å². The van der Waals surface area contributed by atoms with E-state index in [1.165, 1.54) is 0 Å². The van der Waals surface area contributed by atoms with Crippen LogP contribution in [-0.4, -0.2) is 26.5 Å². The van der Waals surface area contributed by atoms with Crippen molar-refractivity contribution in [3.8, 4) is 0 Å². The van der Waals surface area contributed by atoms with Gasteiger partial charge >= 0.3 is 0 Å². The summed E-state index contributed by atoms with van der Waals surface area (Å²) in [4.78, 5) is 18.4. The molecule has 0 aliphatic carbocycles. The highest BCUT2D eigenvalue weighted by Crippen LogP contribution is 2.45. The van der Waals surface area contributed by atoms with Gasteiger partial charge in [0.25, 0.3) is 5.91 Å². The van der Waals surface area contributed by atoms with Crippen molar-refractivity contribution in [2.24, 2.45) is 5.16 Å². The van der Waals surface area contributed by atoms with E-state index in [4.69, 9.17) is 4.84 Å². The highest BCUT2D eigenvalue weighted by molar-refractivity contribution is 6.90. The summed E-state index contributed by atoms with van der Waals surface area (Å²) < 4.78 is 2.04. The minimum Gasteiger partial charge on any atom is -0.395 e. The lowest BCUT2D eigenvalue weighted by molar-refractivity contribution is -0.111. The molecule has 1 aromatic carbocycles. The number of oxime groups is 1. The maximum absolute atomic E-state index is 13.2. The number of aryl methyl sites for hydroxylation is 2. The quantitative estimate of drug-likeness (QED) is 0.608. The molecule has 2 rings (SSSR count). The van der Waals surface area contributed by atoms with Crippen molar-refractivity contribution in [1.82, 2.24) is 0 Å². The van der Waals surface area contributed by atoms with Crippen molar-refractivity contribution in [2.45, 2.75) is 59.7 Å². The lowest BCUT2D eigenvalue weighted by Crippen LogP contribution is -2.57. The van der Waals surface area contributed by atoms with Gasteiger partial charge in [0.2, 0.25) is 0 Å². The summed E-state index contributed by atoms with van der Waals surface area (Å²) in [6, 6.07) is 4.18. The molecule has 126 valence electrons. The second kappa shape index (κ2) is 5.78. The first-order valence-corrected chi connectivity index (χ1v) is 11.1. The van der Waals surface area contributed by atoms with E-state index in [9.17, 15) is 4.79 Å². The Labute approximate surface area is 140 Å². The topological polar surface area (TPSA) is 41.9 Å². The standard InChI is InChI=1S/C18H28N2O2Si/c1-9-22-19-15-14-11-12(2)10-13(3)16(14)20(17(15)21)23(7,8)18(4,5)6/h10-11H,9H2,1-8H3/b19-15-. The first kappa shape index (κ1) is 17.7. The largest absolute Gasteiger partial charge is 0.395 e. The molecule has 0 saturated heterocycles. The maximum Gasteiger partial charge on any atom is 0.273 e. The normalized spacial score (nSPS) is 17.0. The fourth-order valence-electron chi connectivity index (χ4n) is 2.85. The van der Waals surface area contributed by atoms with Gasteiger partial charge in [0, 0.05) is 11.3 Å². The molecule has 5 heteroatoms. The van der Waals surface area contributed by atoms with E-state index < -0.39 is 8.24 Å². The number of hydrogen-bond donors (Lipinski definition) is 0. The number of amides is 1. The number of fused-ring (bicyclic) bond motifs is 1. The molecule has 0 aromatic heterocycles. The molecular formula is C18H28N2O2Si. The Kier molecular flexibility index (Phi) is 4.46. The minimum atomic E-state index is -2.07. The average molecular weight is 333 g/mol. The van der Waals surface area contributed by atoms with Crippen LogP contribution in [0.15, 0.2) is 17.3 Å². The summed E-state index contributed by atoms with van der Waals surface area (Å²) in [7, 11) is -2.07. The average Bonchev–Trinajstić information content (AvgIpc) is 2.68. The monoisotopic (exact) mass is 332 g/mol. The van der Waals surface area contributed by atoms with Crippen molar-refractivity contribution in [3.63, 3.8) is 0 Å². The smallest absolute Gasteiger partial charge is 0.273 e. The summed E-state index contributed by atoms with van der Waals surface area (Å²) >= 11 is 0. The molecule has 0 spiro atoms. The molecule has 0 fully saturated rings.